The number of benzene rings is 2. The molecule has 1 aliphatic heterocycles. The van der Waals surface area contributed by atoms with Gasteiger partial charge in [-0.25, -0.2) is 4.99 Å². The van der Waals surface area contributed by atoms with E-state index in [1.54, 1.807) is 18.2 Å². The molecule has 2 N–H and O–H groups in total. The van der Waals surface area contributed by atoms with E-state index >= 15 is 0 Å². The summed E-state index contributed by atoms with van der Waals surface area (Å²) < 4.78 is 0. The summed E-state index contributed by atoms with van der Waals surface area (Å²) in [5, 5.41) is 11.1. The van der Waals surface area contributed by atoms with E-state index in [9.17, 15) is 19.5 Å². The van der Waals surface area contributed by atoms with Crippen molar-refractivity contribution in [1.82, 2.24) is 4.98 Å². The van der Waals surface area contributed by atoms with E-state index in [0.29, 0.717) is 59.0 Å². The van der Waals surface area contributed by atoms with Crippen LogP contribution in [0.2, 0.25) is 0 Å². The van der Waals surface area contributed by atoms with E-state index in [4.69, 9.17) is 6.42 Å². The van der Waals surface area contributed by atoms with Crippen LogP contribution in [0.15, 0.2) is 47.5 Å². The highest BCUT2D eigenvalue weighted by Gasteiger charge is 2.30. The molecule has 6 heteroatoms. The standard InChI is InChI=1S/C25H20N2O4/c1-2-16(28)8-4-3-5-11-21(29)15-12-13-20-18(14-15)24(30)23(26-20)22-17-9-6-7-10-19(17)27-25(22)31/h1,6-7,9-10,12-14,27,31H,3-5,8,11H2. The van der Waals surface area contributed by atoms with E-state index in [-0.39, 0.29) is 28.9 Å². The molecule has 0 fully saturated rings. The highest BCUT2D eigenvalue weighted by Crippen LogP contribution is 2.35. The fourth-order valence-electron chi connectivity index (χ4n) is 3.79. The molecule has 31 heavy (non-hydrogen) atoms. The third-order valence-electron chi connectivity index (χ3n) is 5.40. The van der Waals surface area contributed by atoms with Gasteiger partial charge in [0, 0.05) is 29.3 Å². The summed E-state index contributed by atoms with van der Waals surface area (Å²) >= 11 is 0. The Balaban J connectivity index is 1.48. The predicted molar refractivity (Wildman–Crippen MR) is 118 cm³/mol. The molecule has 0 spiro atoms. The number of aliphatic imine (C=N–C) groups is 1. The Morgan fingerprint density at radius 1 is 1.06 bits per heavy atom. The molecular formula is C25H20N2O4. The zero-order valence-electron chi connectivity index (χ0n) is 16.8. The molecule has 4 rings (SSSR count). The number of carbonyl (C=O) groups is 3. The summed E-state index contributed by atoms with van der Waals surface area (Å²) in [7, 11) is 0. The number of nitrogens with one attached hydrogen (secondary N) is 1. The first-order valence-corrected chi connectivity index (χ1v) is 10.1. The van der Waals surface area contributed by atoms with Gasteiger partial charge in [-0.2, -0.15) is 0 Å². The fourth-order valence-corrected chi connectivity index (χ4v) is 3.79. The Kier molecular flexibility index (Phi) is 5.50. The van der Waals surface area contributed by atoms with Gasteiger partial charge < -0.3 is 10.1 Å². The first-order chi connectivity index (χ1) is 15.0. The summed E-state index contributed by atoms with van der Waals surface area (Å²) in [5.74, 6) is 1.36. The number of hydrogen-bond acceptors (Lipinski definition) is 5. The van der Waals surface area contributed by atoms with Gasteiger partial charge in [0.2, 0.25) is 11.6 Å². The van der Waals surface area contributed by atoms with Crippen LogP contribution in [0.1, 0.15) is 58.4 Å². The molecule has 2 heterocycles. The van der Waals surface area contributed by atoms with E-state index in [2.05, 4.69) is 15.9 Å². The molecule has 3 aromatic rings. The molecule has 6 nitrogen and oxygen atoms in total. The number of terminal acetylenes is 1. The summed E-state index contributed by atoms with van der Waals surface area (Å²) in [6.07, 6.45) is 7.73. The molecule has 2 aromatic carbocycles. The first kappa shape index (κ1) is 20.3. The molecular weight excluding hydrogens is 392 g/mol. The monoisotopic (exact) mass is 412 g/mol. The van der Waals surface area contributed by atoms with Crippen LogP contribution in [0.25, 0.3) is 10.9 Å². The Bertz CT molecular complexity index is 1290. The molecule has 0 amide bonds. The number of hydrogen-bond donors (Lipinski definition) is 2. The largest absolute Gasteiger partial charge is 0.494 e. The lowest BCUT2D eigenvalue weighted by Gasteiger charge is -2.03. The van der Waals surface area contributed by atoms with Crippen molar-refractivity contribution in [1.29, 1.82) is 0 Å². The number of ketones is 3. The number of carbonyl (C=O) groups excluding carboxylic acids is 3. The number of Topliss-reactive ketones (excluding diaryl/α,β-unsaturated/α-hetero) is 3. The number of unbranched alkanes of at least 4 members (excludes halogenated alkanes) is 2. The first-order valence-electron chi connectivity index (χ1n) is 10.1. The van der Waals surface area contributed by atoms with Crippen LogP contribution >= 0.6 is 0 Å². The van der Waals surface area contributed by atoms with E-state index in [1.807, 2.05) is 24.3 Å². The number of aromatic nitrogens is 1. The highest BCUT2D eigenvalue weighted by atomic mass is 16.3. The van der Waals surface area contributed by atoms with Crippen LogP contribution in [-0.4, -0.2) is 33.2 Å². The van der Waals surface area contributed by atoms with Gasteiger partial charge in [-0.1, -0.05) is 24.6 Å². The summed E-state index contributed by atoms with van der Waals surface area (Å²) in [6, 6.07) is 12.2. The van der Waals surface area contributed by atoms with Crippen molar-refractivity contribution in [2.45, 2.75) is 32.1 Å². The third-order valence-corrected chi connectivity index (χ3v) is 5.40. The maximum atomic E-state index is 13.0. The van der Waals surface area contributed by atoms with Crippen molar-refractivity contribution in [3.63, 3.8) is 0 Å². The number of para-hydroxylation sites is 1. The third kappa shape index (κ3) is 3.90. The number of fused-ring (bicyclic) bond motifs is 2. The molecule has 1 aromatic heterocycles. The van der Waals surface area contributed by atoms with Gasteiger partial charge in [-0.05, 0) is 43.0 Å². The van der Waals surface area contributed by atoms with E-state index in [1.165, 1.54) is 0 Å². The number of aromatic amines is 1. The Labute approximate surface area is 179 Å². The minimum Gasteiger partial charge on any atom is -0.494 e. The Hall–Kier alpha value is -3.98. The number of rotatable bonds is 8. The van der Waals surface area contributed by atoms with Gasteiger partial charge in [-0.15, -0.1) is 6.42 Å². The van der Waals surface area contributed by atoms with Crippen LogP contribution in [-0.2, 0) is 4.79 Å². The van der Waals surface area contributed by atoms with Crippen molar-refractivity contribution in [2.24, 2.45) is 4.99 Å². The maximum Gasteiger partial charge on any atom is 0.214 e. The Morgan fingerprint density at radius 2 is 1.84 bits per heavy atom. The SMILES string of the molecule is C#CC(=O)CCCCCC(=O)c1ccc2c(c1)C(=O)C(c1c(O)[nH]c3ccccc13)=N2. The lowest BCUT2D eigenvalue weighted by Crippen LogP contribution is -2.11. The smallest absolute Gasteiger partial charge is 0.214 e. The molecule has 0 saturated heterocycles. The van der Waals surface area contributed by atoms with Crippen LogP contribution in [0.3, 0.4) is 0 Å². The van der Waals surface area contributed by atoms with Crippen molar-refractivity contribution in [3.8, 4) is 18.2 Å². The van der Waals surface area contributed by atoms with Gasteiger partial charge in [0.05, 0.1) is 16.8 Å². The number of H-pyrrole nitrogens is 1. The minimum atomic E-state index is -0.322. The molecule has 0 radical (unpaired) electrons. The molecule has 154 valence electrons. The quantitative estimate of drug-likeness (QED) is 0.246. The molecule has 0 saturated carbocycles. The Morgan fingerprint density at radius 3 is 2.65 bits per heavy atom. The van der Waals surface area contributed by atoms with Crippen molar-refractivity contribution >= 4 is 39.7 Å². The second-order valence-corrected chi connectivity index (χ2v) is 7.47. The van der Waals surface area contributed by atoms with Crippen LogP contribution < -0.4 is 0 Å². The maximum absolute atomic E-state index is 13.0. The van der Waals surface area contributed by atoms with Gasteiger partial charge in [0.25, 0.3) is 0 Å². The lowest BCUT2D eigenvalue weighted by atomic mass is 9.97. The average Bonchev–Trinajstić information content (AvgIpc) is 3.28. The summed E-state index contributed by atoms with van der Waals surface area (Å²) in [4.78, 5) is 44.0. The molecule has 1 aliphatic rings. The summed E-state index contributed by atoms with van der Waals surface area (Å²) in [6.45, 7) is 0. The number of nitrogens with zero attached hydrogens (tertiary/aromatic N) is 1. The van der Waals surface area contributed by atoms with Crippen LogP contribution in [0, 0.1) is 12.3 Å². The van der Waals surface area contributed by atoms with Crippen molar-refractivity contribution in [2.75, 3.05) is 0 Å². The van der Waals surface area contributed by atoms with Crippen molar-refractivity contribution < 1.29 is 19.5 Å². The highest BCUT2D eigenvalue weighted by molar-refractivity contribution is 6.56. The van der Waals surface area contributed by atoms with Gasteiger partial charge in [-0.3, -0.25) is 14.4 Å². The zero-order chi connectivity index (χ0) is 22.0. The topological polar surface area (TPSA) is 99.6 Å². The van der Waals surface area contributed by atoms with E-state index in [0.717, 1.165) is 6.42 Å². The molecule has 0 atom stereocenters. The van der Waals surface area contributed by atoms with E-state index < -0.39 is 0 Å². The molecule has 0 bridgehead atoms. The van der Waals surface area contributed by atoms with Gasteiger partial charge >= 0.3 is 0 Å². The molecule has 0 unspecified atom stereocenters. The predicted octanol–water partition coefficient (Wildman–Crippen LogP) is 4.53. The second kappa shape index (κ2) is 8.41. The average molecular weight is 412 g/mol. The van der Waals surface area contributed by atoms with Crippen molar-refractivity contribution in [3.05, 3.63) is 59.2 Å². The zero-order valence-corrected chi connectivity index (χ0v) is 16.8. The molecule has 0 aliphatic carbocycles. The fraction of sp³-hybridized carbons (Fsp3) is 0.200. The summed E-state index contributed by atoms with van der Waals surface area (Å²) in [5.41, 5.74) is 2.52. The lowest BCUT2D eigenvalue weighted by molar-refractivity contribution is -0.113. The number of aromatic hydroxyl groups is 1. The van der Waals surface area contributed by atoms with Gasteiger partial charge in [0.15, 0.2) is 11.7 Å². The normalized spacial score (nSPS) is 12.5. The van der Waals surface area contributed by atoms with Gasteiger partial charge in [0.1, 0.15) is 5.71 Å². The minimum absolute atomic E-state index is 0.0673. The second-order valence-electron chi connectivity index (χ2n) is 7.47. The van der Waals surface area contributed by atoms with Crippen LogP contribution in [0.5, 0.6) is 5.88 Å². The van der Waals surface area contributed by atoms with Crippen LogP contribution in [0.4, 0.5) is 5.69 Å².